The average molecular weight is 509 g/mol. The van der Waals surface area contributed by atoms with Crippen molar-refractivity contribution in [1.29, 1.82) is 0 Å². The van der Waals surface area contributed by atoms with Crippen molar-refractivity contribution in [2.24, 2.45) is 0 Å². The van der Waals surface area contributed by atoms with Crippen LogP contribution in [0, 0.1) is 0 Å². The molecule has 1 saturated heterocycles. The molecule has 180 valence electrons. The third-order valence-corrected chi connectivity index (χ3v) is 9.08. The second kappa shape index (κ2) is 10.0. The Balaban J connectivity index is 1.43. The fraction of sp³-hybridized carbons (Fsp3) is 0.200. The van der Waals surface area contributed by atoms with Gasteiger partial charge in [-0.2, -0.15) is 14.1 Å². The third-order valence-electron chi connectivity index (χ3n) is 5.81. The number of hydrogen-bond donors (Lipinski definition) is 0. The maximum Gasteiger partial charge on any atom is 0.316 e. The molecule has 0 radical (unpaired) electrons. The largest absolute Gasteiger partial charge is 0.481 e. The minimum absolute atomic E-state index is 0.197. The molecule has 0 atom stereocenters. The maximum atomic E-state index is 13.5. The van der Waals surface area contributed by atoms with Crippen LogP contribution in [0.25, 0.3) is 5.69 Å². The summed E-state index contributed by atoms with van der Waals surface area (Å²) in [5.41, 5.74) is 1.78. The Morgan fingerprint density at radius 2 is 1.57 bits per heavy atom. The van der Waals surface area contributed by atoms with Crippen LogP contribution in [0.2, 0.25) is 0 Å². The van der Waals surface area contributed by atoms with Crippen molar-refractivity contribution in [2.45, 2.75) is 10.8 Å². The average Bonchev–Trinajstić information content (AvgIpc) is 3.45. The fourth-order valence-corrected chi connectivity index (χ4v) is 6.55. The van der Waals surface area contributed by atoms with Gasteiger partial charge in [-0.15, -0.1) is 11.3 Å². The number of benzene rings is 2. The predicted molar refractivity (Wildman–Crippen MR) is 136 cm³/mol. The van der Waals surface area contributed by atoms with E-state index in [2.05, 4.69) is 5.10 Å². The molecule has 0 amide bonds. The second-order valence-electron chi connectivity index (χ2n) is 8.01. The number of aromatic nitrogens is 2. The highest BCUT2D eigenvalue weighted by Crippen LogP contribution is 2.28. The van der Waals surface area contributed by atoms with Crippen LogP contribution in [0.15, 0.2) is 93.4 Å². The number of para-hydroxylation sites is 1. The molecule has 0 saturated carbocycles. The molecule has 8 nitrogen and oxygen atoms in total. The lowest BCUT2D eigenvalue weighted by Gasteiger charge is -2.35. The zero-order valence-corrected chi connectivity index (χ0v) is 20.5. The summed E-state index contributed by atoms with van der Waals surface area (Å²) in [5, 5.41) is 6.16. The van der Waals surface area contributed by atoms with E-state index in [0.29, 0.717) is 41.8 Å². The third kappa shape index (κ3) is 4.86. The van der Waals surface area contributed by atoms with E-state index in [-0.39, 0.29) is 17.9 Å². The SMILES string of the molecule is O=c1c(OCc2ccccc2)c(N2CCN(S(=O)(=O)c3cccs3)CC2)cnn1-c1ccccc1. The van der Waals surface area contributed by atoms with Gasteiger partial charge in [-0.05, 0) is 29.1 Å². The van der Waals surface area contributed by atoms with Crippen LogP contribution in [-0.4, -0.2) is 48.7 Å². The lowest BCUT2D eigenvalue weighted by molar-refractivity contribution is 0.297. The van der Waals surface area contributed by atoms with Crippen LogP contribution in [0.1, 0.15) is 5.56 Å². The van der Waals surface area contributed by atoms with Crippen LogP contribution in [-0.2, 0) is 16.6 Å². The van der Waals surface area contributed by atoms with Crippen molar-refractivity contribution in [1.82, 2.24) is 14.1 Å². The van der Waals surface area contributed by atoms with E-state index in [1.54, 1.807) is 23.7 Å². The Morgan fingerprint density at radius 3 is 2.23 bits per heavy atom. The summed E-state index contributed by atoms with van der Waals surface area (Å²) in [7, 11) is -3.52. The highest BCUT2D eigenvalue weighted by atomic mass is 32.2. The van der Waals surface area contributed by atoms with E-state index in [9.17, 15) is 13.2 Å². The highest BCUT2D eigenvalue weighted by molar-refractivity contribution is 7.91. The number of sulfonamides is 1. The molecule has 35 heavy (non-hydrogen) atoms. The van der Waals surface area contributed by atoms with Crippen molar-refractivity contribution in [3.63, 3.8) is 0 Å². The summed E-state index contributed by atoms with van der Waals surface area (Å²) in [5.74, 6) is 0.197. The minimum Gasteiger partial charge on any atom is -0.481 e. The van der Waals surface area contributed by atoms with Crippen LogP contribution < -0.4 is 15.2 Å². The molecule has 5 rings (SSSR count). The Hall–Kier alpha value is -3.47. The molecule has 0 unspecified atom stereocenters. The monoisotopic (exact) mass is 508 g/mol. The summed E-state index contributed by atoms with van der Waals surface area (Å²) >= 11 is 1.21. The number of hydrogen-bond acceptors (Lipinski definition) is 7. The molecular weight excluding hydrogens is 484 g/mol. The van der Waals surface area contributed by atoms with E-state index < -0.39 is 10.0 Å². The number of ether oxygens (including phenoxy) is 1. The zero-order chi connectivity index (χ0) is 24.3. The van der Waals surface area contributed by atoms with Gasteiger partial charge in [-0.3, -0.25) is 4.79 Å². The van der Waals surface area contributed by atoms with E-state index in [0.717, 1.165) is 5.56 Å². The van der Waals surface area contributed by atoms with Crippen molar-refractivity contribution in [3.8, 4) is 11.4 Å². The van der Waals surface area contributed by atoms with Gasteiger partial charge in [0.2, 0.25) is 5.75 Å². The second-order valence-corrected chi connectivity index (χ2v) is 11.1. The predicted octanol–water partition coefficient (Wildman–Crippen LogP) is 3.38. The van der Waals surface area contributed by atoms with Crippen LogP contribution in [0.3, 0.4) is 0 Å². The van der Waals surface area contributed by atoms with Gasteiger partial charge in [0.25, 0.3) is 10.0 Å². The molecule has 0 spiro atoms. The highest BCUT2D eigenvalue weighted by Gasteiger charge is 2.31. The topological polar surface area (TPSA) is 84.7 Å². The van der Waals surface area contributed by atoms with Gasteiger partial charge in [0.15, 0.2) is 0 Å². The number of anilines is 1. The van der Waals surface area contributed by atoms with Gasteiger partial charge in [0, 0.05) is 26.2 Å². The fourth-order valence-electron chi connectivity index (χ4n) is 3.98. The quantitative estimate of drug-likeness (QED) is 0.381. The van der Waals surface area contributed by atoms with Gasteiger partial charge in [-0.1, -0.05) is 54.6 Å². The van der Waals surface area contributed by atoms with Gasteiger partial charge >= 0.3 is 5.56 Å². The first-order valence-corrected chi connectivity index (χ1v) is 13.5. The molecule has 3 heterocycles. The normalized spacial score (nSPS) is 14.7. The lowest BCUT2D eigenvalue weighted by atomic mass is 10.2. The lowest BCUT2D eigenvalue weighted by Crippen LogP contribution is -2.49. The zero-order valence-electron chi connectivity index (χ0n) is 18.9. The van der Waals surface area contributed by atoms with Gasteiger partial charge in [-0.25, -0.2) is 8.42 Å². The van der Waals surface area contributed by atoms with Crippen molar-refractivity contribution < 1.29 is 13.2 Å². The number of piperazine rings is 1. The number of rotatable bonds is 7. The maximum absolute atomic E-state index is 13.5. The Bertz CT molecular complexity index is 1430. The van der Waals surface area contributed by atoms with E-state index in [1.165, 1.54) is 20.3 Å². The van der Waals surface area contributed by atoms with E-state index >= 15 is 0 Å². The molecule has 1 aliphatic heterocycles. The van der Waals surface area contributed by atoms with Crippen LogP contribution >= 0.6 is 11.3 Å². The molecule has 10 heteroatoms. The van der Waals surface area contributed by atoms with Gasteiger partial charge < -0.3 is 9.64 Å². The van der Waals surface area contributed by atoms with Crippen molar-refractivity contribution in [2.75, 3.05) is 31.1 Å². The molecule has 4 aromatic rings. The summed E-state index contributed by atoms with van der Waals surface area (Å²) in [6.45, 7) is 1.68. The Kier molecular flexibility index (Phi) is 6.67. The summed E-state index contributed by atoms with van der Waals surface area (Å²) < 4.78 is 35.0. The van der Waals surface area contributed by atoms with Crippen LogP contribution in [0.4, 0.5) is 5.69 Å². The van der Waals surface area contributed by atoms with E-state index in [1.807, 2.05) is 65.6 Å². The Morgan fingerprint density at radius 1 is 0.886 bits per heavy atom. The molecule has 0 bridgehead atoms. The molecule has 1 fully saturated rings. The number of nitrogens with zero attached hydrogens (tertiary/aromatic N) is 4. The first-order chi connectivity index (χ1) is 17.0. The minimum atomic E-state index is -3.52. The first-order valence-electron chi connectivity index (χ1n) is 11.2. The molecule has 2 aromatic heterocycles. The standard InChI is InChI=1S/C25H24N4O4S2/c30-25-24(33-19-20-8-3-1-4-9-20)22(18-26-29(25)21-10-5-2-6-11-21)27-13-15-28(16-14-27)35(31,32)23-12-7-17-34-23/h1-12,17-18H,13-16,19H2. The molecule has 0 aliphatic carbocycles. The molecule has 2 aromatic carbocycles. The van der Waals surface area contributed by atoms with Crippen LogP contribution in [0.5, 0.6) is 5.75 Å². The van der Waals surface area contributed by atoms with E-state index in [4.69, 9.17) is 4.74 Å². The molecular formula is C25H24N4O4S2. The van der Waals surface area contributed by atoms with Crippen molar-refractivity contribution >= 4 is 27.0 Å². The number of thiophene rings is 1. The summed E-state index contributed by atoms with van der Waals surface area (Å²) in [6, 6.07) is 22.2. The van der Waals surface area contributed by atoms with Crippen molar-refractivity contribution in [3.05, 3.63) is 100 Å². The van der Waals surface area contributed by atoms with Gasteiger partial charge in [0.05, 0.1) is 11.9 Å². The smallest absolute Gasteiger partial charge is 0.316 e. The molecule has 1 aliphatic rings. The summed E-state index contributed by atoms with van der Waals surface area (Å²) in [4.78, 5) is 15.4. The first kappa shape index (κ1) is 23.3. The summed E-state index contributed by atoms with van der Waals surface area (Å²) in [6.07, 6.45) is 1.62. The molecule has 0 N–H and O–H groups in total. The Labute approximate surface area is 207 Å². The van der Waals surface area contributed by atoms with Gasteiger partial charge in [0.1, 0.15) is 16.5 Å².